The molecular weight excluding hydrogens is 269 g/mol. The Balaban J connectivity index is 2.15. The molecule has 1 N–H and O–H groups in total. The van der Waals surface area contributed by atoms with Crippen molar-refractivity contribution in [3.63, 3.8) is 0 Å². The van der Waals surface area contributed by atoms with Crippen LogP contribution in [-0.2, 0) is 11.2 Å². The van der Waals surface area contributed by atoms with Crippen molar-refractivity contribution in [3.8, 4) is 0 Å². The van der Waals surface area contributed by atoms with Crippen LogP contribution in [0.15, 0.2) is 18.2 Å². The Labute approximate surface area is 119 Å². The van der Waals surface area contributed by atoms with Crippen molar-refractivity contribution >= 4 is 23.2 Å². The number of benzene rings is 1. The molecule has 1 aliphatic rings. The van der Waals surface area contributed by atoms with E-state index in [0.717, 1.165) is 29.8 Å². The molecule has 0 radical (unpaired) electrons. The summed E-state index contributed by atoms with van der Waals surface area (Å²) in [5.41, 5.74) is 1.08. The molecule has 1 aromatic carbocycles. The van der Waals surface area contributed by atoms with Crippen LogP contribution in [0.4, 0.5) is 0 Å². The predicted molar refractivity (Wildman–Crippen MR) is 76.6 cm³/mol. The SMILES string of the molecule is CNC(Cc1ccc(Cl)cc1Cl)C1(OC)CCC1. The molecule has 0 spiro atoms. The van der Waals surface area contributed by atoms with E-state index in [-0.39, 0.29) is 11.6 Å². The fraction of sp³-hybridized carbons (Fsp3) is 0.571. The molecule has 1 atom stereocenters. The summed E-state index contributed by atoms with van der Waals surface area (Å²) in [5.74, 6) is 0. The third-order valence-corrected chi connectivity index (χ3v) is 4.62. The maximum atomic E-state index is 6.23. The van der Waals surface area contributed by atoms with Gasteiger partial charge in [-0.1, -0.05) is 29.3 Å². The van der Waals surface area contributed by atoms with Crippen LogP contribution in [0.1, 0.15) is 24.8 Å². The molecule has 2 nitrogen and oxygen atoms in total. The lowest BCUT2D eigenvalue weighted by molar-refractivity contribution is -0.0966. The molecule has 0 heterocycles. The van der Waals surface area contributed by atoms with Crippen LogP contribution in [-0.4, -0.2) is 25.8 Å². The predicted octanol–water partition coefficient (Wildman–Crippen LogP) is 3.69. The van der Waals surface area contributed by atoms with Gasteiger partial charge >= 0.3 is 0 Å². The van der Waals surface area contributed by atoms with Gasteiger partial charge in [0.15, 0.2) is 0 Å². The zero-order chi connectivity index (χ0) is 13.2. The Morgan fingerprint density at radius 1 is 1.39 bits per heavy atom. The minimum atomic E-state index is -0.0300. The zero-order valence-electron chi connectivity index (χ0n) is 10.8. The summed E-state index contributed by atoms with van der Waals surface area (Å²) in [6.45, 7) is 0. The maximum absolute atomic E-state index is 6.23. The summed E-state index contributed by atoms with van der Waals surface area (Å²) in [6.07, 6.45) is 4.32. The molecule has 18 heavy (non-hydrogen) atoms. The van der Waals surface area contributed by atoms with Crippen molar-refractivity contribution in [1.82, 2.24) is 5.32 Å². The number of ether oxygens (including phenoxy) is 1. The highest BCUT2D eigenvalue weighted by molar-refractivity contribution is 6.35. The number of rotatable bonds is 5. The first-order valence-corrected chi connectivity index (χ1v) is 7.03. The first kappa shape index (κ1) is 14.1. The van der Waals surface area contributed by atoms with Crippen molar-refractivity contribution in [1.29, 1.82) is 0 Å². The minimum absolute atomic E-state index is 0.0300. The molecule has 1 unspecified atom stereocenters. The lowest BCUT2D eigenvalue weighted by atomic mass is 9.72. The molecule has 2 rings (SSSR count). The van der Waals surface area contributed by atoms with Gasteiger partial charge in [-0.3, -0.25) is 0 Å². The molecule has 0 amide bonds. The Morgan fingerprint density at radius 3 is 2.56 bits per heavy atom. The fourth-order valence-corrected chi connectivity index (χ4v) is 3.16. The number of likely N-dealkylation sites (N-methyl/N-ethyl adjacent to an activating group) is 1. The summed E-state index contributed by atoms with van der Waals surface area (Å²) in [6, 6.07) is 5.97. The molecule has 4 heteroatoms. The number of hydrogen-bond donors (Lipinski definition) is 1. The summed E-state index contributed by atoms with van der Waals surface area (Å²) in [5, 5.41) is 4.78. The molecule has 0 aliphatic heterocycles. The lowest BCUT2D eigenvalue weighted by Crippen LogP contribution is -2.56. The monoisotopic (exact) mass is 287 g/mol. The van der Waals surface area contributed by atoms with E-state index in [1.807, 2.05) is 19.2 Å². The van der Waals surface area contributed by atoms with E-state index in [1.165, 1.54) is 6.42 Å². The molecule has 0 aromatic heterocycles. The van der Waals surface area contributed by atoms with Gasteiger partial charge in [-0.05, 0) is 50.4 Å². The second-order valence-corrected chi connectivity index (χ2v) is 5.75. The van der Waals surface area contributed by atoms with Gasteiger partial charge < -0.3 is 10.1 Å². The third-order valence-electron chi connectivity index (χ3n) is 4.03. The smallest absolute Gasteiger partial charge is 0.0834 e. The Kier molecular flexibility index (Phi) is 4.54. The van der Waals surface area contributed by atoms with Crippen LogP contribution < -0.4 is 5.32 Å². The summed E-state index contributed by atoms with van der Waals surface area (Å²) < 4.78 is 5.73. The average molecular weight is 288 g/mol. The van der Waals surface area contributed by atoms with E-state index in [9.17, 15) is 0 Å². The topological polar surface area (TPSA) is 21.3 Å². The Hall–Kier alpha value is -0.280. The second-order valence-electron chi connectivity index (χ2n) is 4.90. The average Bonchev–Trinajstić information content (AvgIpc) is 2.29. The zero-order valence-corrected chi connectivity index (χ0v) is 12.3. The molecule has 100 valence electrons. The van der Waals surface area contributed by atoms with E-state index in [0.29, 0.717) is 5.02 Å². The molecule has 0 bridgehead atoms. The van der Waals surface area contributed by atoms with E-state index >= 15 is 0 Å². The number of halogens is 2. The largest absolute Gasteiger partial charge is 0.377 e. The van der Waals surface area contributed by atoms with E-state index < -0.39 is 0 Å². The van der Waals surface area contributed by atoms with Crippen molar-refractivity contribution in [2.45, 2.75) is 37.3 Å². The van der Waals surface area contributed by atoms with Crippen LogP contribution in [0.25, 0.3) is 0 Å². The van der Waals surface area contributed by atoms with E-state index in [1.54, 1.807) is 13.2 Å². The highest BCUT2D eigenvalue weighted by Crippen LogP contribution is 2.39. The van der Waals surface area contributed by atoms with Crippen molar-refractivity contribution in [2.75, 3.05) is 14.2 Å². The van der Waals surface area contributed by atoms with Crippen molar-refractivity contribution < 1.29 is 4.74 Å². The van der Waals surface area contributed by atoms with Gasteiger partial charge in [0, 0.05) is 23.2 Å². The van der Waals surface area contributed by atoms with Gasteiger partial charge in [-0.2, -0.15) is 0 Å². The number of nitrogens with one attached hydrogen (secondary N) is 1. The Bertz CT molecular complexity index is 413. The number of hydrogen-bond acceptors (Lipinski definition) is 2. The molecule has 1 aromatic rings. The van der Waals surface area contributed by atoms with Gasteiger partial charge in [-0.25, -0.2) is 0 Å². The highest BCUT2D eigenvalue weighted by atomic mass is 35.5. The highest BCUT2D eigenvalue weighted by Gasteiger charge is 2.43. The number of methoxy groups -OCH3 is 1. The molecule has 1 aliphatic carbocycles. The molecule has 1 saturated carbocycles. The van der Waals surface area contributed by atoms with Crippen LogP contribution in [0.3, 0.4) is 0 Å². The van der Waals surface area contributed by atoms with Gasteiger partial charge in [0.25, 0.3) is 0 Å². The fourth-order valence-electron chi connectivity index (χ4n) is 2.68. The van der Waals surface area contributed by atoms with Crippen LogP contribution in [0, 0.1) is 0 Å². The summed E-state index contributed by atoms with van der Waals surface area (Å²) in [4.78, 5) is 0. The third kappa shape index (κ3) is 2.67. The first-order valence-electron chi connectivity index (χ1n) is 6.27. The molecule has 0 saturated heterocycles. The van der Waals surface area contributed by atoms with Gasteiger partial charge in [-0.15, -0.1) is 0 Å². The summed E-state index contributed by atoms with van der Waals surface area (Å²) in [7, 11) is 3.78. The minimum Gasteiger partial charge on any atom is -0.377 e. The van der Waals surface area contributed by atoms with Gasteiger partial charge in [0.05, 0.1) is 5.60 Å². The quantitative estimate of drug-likeness (QED) is 0.892. The van der Waals surface area contributed by atoms with E-state index in [2.05, 4.69) is 5.32 Å². The van der Waals surface area contributed by atoms with Crippen molar-refractivity contribution in [2.24, 2.45) is 0 Å². The Morgan fingerprint density at radius 2 is 2.11 bits per heavy atom. The van der Waals surface area contributed by atoms with Crippen LogP contribution in [0.2, 0.25) is 10.0 Å². The van der Waals surface area contributed by atoms with Crippen LogP contribution >= 0.6 is 23.2 Å². The maximum Gasteiger partial charge on any atom is 0.0834 e. The summed E-state index contributed by atoms with van der Waals surface area (Å²) >= 11 is 12.2. The normalized spacial score (nSPS) is 19.3. The first-order chi connectivity index (χ1) is 8.61. The molecule has 1 fully saturated rings. The molecular formula is C14H19Cl2NO. The van der Waals surface area contributed by atoms with Crippen LogP contribution in [0.5, 0.6) is 0 Å². The van der Waals surface area contributed by atoms with Crippen molar-refractivity contribution in [3.05, 3.63) is 33.8 Å². The standard InChI is InChI=1S/C14H19Cl2NO/c1-17-13(14(18-2)6-3-7-14)8-10-4-5-11(15)9-12(10)16/h4-5,9,13,17H,3,6-8H2,1-2H3. The lowest BCUT2D eigenvalue weighted by Gasteiger charge is -2.46. The van der Waals surface area contributed by atoms with E-state index in [4.69, 9.17) is 27.9 Å². The second kappa shape index (κ2) is 5.79. The van der Waals surface area contributed by atoms with Gasteiger partial charge in [0.1, 0.15) is 0 Å². The van der Waals surface area contributed by atoms with Gasteiger partial charge in [0.2, 0.25) is 0 Å².